The highest BCUT2D eigenvalue weighted by Crippen LogP contribution is 2.34. The molecule has 1 heterocycles. The monoisotopic (exact) mass is 254 g/mol. The van der Waals surface area contributed by atoms with Crippen LogP contribution in [0.4, 0.5) is 0 Å². The van der Waals surface area contributed by atoms with E-state index in [0.29, 0.717) is 5.41 Å². The summed E-state index contributed by atoms with van der Waals surface area (Å²) < 4.78 is 0. The minimum Gasteiger partial charge on any atom is -0.319 e. The highest BCUT2D eigenvalue weighted by Gasteiger charge is 2.40. The van der Waals surface area contributed by atoms with Crippen LogP contribution in [0.5, 0.6) is 0 Å². The first-order valence-electron chi connectivity index (χ1n) is 8.13. The van der Waals surface area contributed by atoms with Gasteiger partial charge in [-0.1, -0.05) is 52.4 Å². The molecule has 0 unspecified atom stereocenters. The van der Waals surface area contributed by atoms with Gasteiger partial charge in [-0.15, -0.1) is 0 Å². The molecule has 0 spiro atoms. The summed E-state index contributed by atoms with van der Waals surface area (Å²) in [5.74, 6) is 0. The van der Waals surface area contributed by atoms with Crippen molar-refractivity contribution in [2.24, 2.45) is 5.41 Å². The highest BCUT2D eigenvalue weighted by molar-refractivity contribution is 4.95. The van der Waals surface area contributed by atoms with Gasteiger partial charge in [0.1, 0.15) is 0 Å². The topological polar surface area (TPSA) is 15.3 Å². The number of hydrogen-bond donors (Lipinski definition) is 1. The van der Waals surface area contributed by atoms with Gasteiger partial charge in [0.05, 0.1) is 0 Å². The summed E-state index contributed by atoms with van der Waals surface area (Å²) in [6.07, 6.45) is 11.2. The molecule has 108 valence electrons. The van der Waals surface area contributed by atoms with Gasteiger partial charge in [0.25, 0.3) is 0 Å². The molecule has 18 heavy (non-hydrogen) atoms. The Morgan fingerprint density at radius 2 is 1.61 bits per heavy atom. The van der Waals surface area contributed by atoms with Crippen LogP contribution < -0.4 is 5.32 Å². The molecule has 0 amide bonds. The molecule has 0 aromatic rings. The normalized spacial score (nSPS) is 18.8. The van der Waals surface area contributed by atoms with E-state index in [4.69, 9.17) is 0 Å². The van der Waals surface area contributed by atoms with E-state index < -0.39 is 0 Å². The maximum absolute atomic E-state index is 3.38. The van der Waals surface area contributed by atoms with Crippen LogP contribution in [0.2, 0.25) is 0 Å². The first kappa shape index (κ1) is 16.0. The molecule has 1 saturated heterocycles. The number of likely N-dealkylation sites (tertiary alicyclic amines) is 1. The largest absolute Gasteiger partial charge is 0.319 e. The van der Waals surface area contributed by atoms with Gasteiger partial charge in [-0.3, -0.25) is 0 Å². The lowest BCUT2D eigenvalue weighted by Gasteiger charge is -2.50. The molecule has 0 saturated carbocycles. The van der Waals surface area contributed by atoms with Gasteiger partial charge in [-0.2, -0.15) is 0 Å². The fraction of sp³-hybridized carbons (Fsp3) is 1.00. The molecule has 0 bridgehead atoms. The molecule has 0 atom stereocenters. The van der Waals surface area contributed by atoms with Crippen molar-refractivity contribution >= 4 is 0 Å². The third-order valence-electron chi connectivity index (χ3n) is 4.28. The van der Waals surface area contributed by atoms with E-state index in [1.54, 1.807) is 0 Å². The van der Waals surface area contributed by atoms with Crippen LogP contribution in [0.25, 0.3) is 0 Å². The zero-order valence-corrected chi connectivity index (χ0v) is 12.9. The number of hydrogen-bond acceptors (Lipinski definition) is 2. The number of rotatable bonds is 11. The van der Waals surface area contributed by atoms with Crippen LogP contribution in [0.3, 0.4) is 0 Å². The zero-order valence-electron chi connectivity index (χ0n) is 12.9. The molecule has 2 heteroatoms. The average molecular weight is 254 g/mol. The minimum atomic E-state index is 0.603. The fourth-order valence-electron chi connectivity index (χ4n) is 3.44. The highest BCUT2D eigenvalue weighted by atomic mass is 15.2. The Labute approximate surface area is 115 Å². The van der Waals surface area contributed by atoms with Crippen LogP contribution in [0, 0.1) is 5.41 Å². The van der Waals surface area contributed by atoms with E-state index in [9.17, 15) is 0 Å². The van der Waals surface area contributed by atoms with Crippen LogP contribution >= 0.6 is 0 Å². The van der Waals surface area contributed by atoms with Crippen molar-refractivity contribution in [3.05, 3.63) is 0 Å². The van der Waals surface area contributed by atoms with E-state index in [1.165, 1.54) is 77.5 Å². The van der Waals surface area contributed by atoms with Crippen molar-refractivity contribution in [2.75, 3.05) is 33.2 Å². The third kappa shape index (κ3) is 5.27. The molecule has 0 aliphatic carbocycles. The van der Waals surface area contributed by atoms with Gasteiger partial charge in [-0.25, -0.2) is 0 Å². The van der Waals surface area contributed by atoms with Crippen molar-refractivity contribution in [1.29, 1.82) is 0 Å². The second-order valence-corrected chi connectivity index (χ2v) is 6.26. The van der Waals surface area contributed by atoms with Crippen molar-refractivity contribution in [1.82, 2.24) is 10.2 Å². The molecule has 2 nitrogen and oxygen atoms in total. The SMILES string of the molecule is CCCCCCCCN1CC(CCC)(CNC)C1. The smallest absolute Gasteiger partial charge is 0.00820 e. The molecular formula is C16H34N2. The summed E-state index contributed by atoms with van der Waals surface area (Å²) in [6.45, 7) is 9.80. The first-order valence-corrected chi connectivity index (χ1v) is 8.13. The molecule has 1 fully saturated rings. The predicted octanol–water partition coefficient (Wildman–Crippen LogP) is 3.67. The third-order valence-corrected chi connectivity index (χ3v) is 4.28. The van der Waals surface area contributed by atoms with Gasteiger partial charge < -0.3 is 10.2 Å². The van der Waals surface area contributed by atoms with Crippen LogP contribution in [0.15, 0.2) is 0 Å². The Kier molecular flexibility index (Phi) is 7.92. The van der Waals surface area contributed by atoms with Gasteiger partial charge in [0.2, 0.25) is 0 Å². The lowest BCUT2D eigenvalue weighted by molar-refractivity contribution is -0.00579. The fourth-order valence-corrected chi connectivity index (χ4v) is 3.44. The molecule has 0 aromatic carbocycles. The van der Waals surface area contributed by atoms with Crippen molar-refractivity contribution in [3.8, 4) is 0 Å². The maximum Gasteiger partial charge on any atom is 0.00820 e. The van der Waals surface area contributed by atoms with Crippen molar-refractivity contribution in [2.45, 2.75) is 65.2 Å². The Morgan fingerprint density at radius 3 is 2.22 bits per heavy atom. The Balaban J connectivity index is 2.02. The van der Waals surface area contributed by atoms with Crippen molar-refractivity contribution < 1.29 is 0 Å². The summed E-state index contributed by atoms with van der Waals surface area (Å²) in [5.41, 5.74) is 0.603. The quantitative estimate of drug-likeness (QED) is 0.566. The van der Waals surface area contributed by atoms with Crippen molar-refractivity contribution in [3.63, 3.8) is 0 Å². The van der Waals surface area contributed by atoms with E-state index >= 15 is 0 Å². The molecule has 1 rings (SSSR count). The molecule has 1 N–H and O–H groups in total. The average Bonchev–Trinajstić information content (AvgIpc) is 2.31. The van der Waals surface area contributed by atoms with Crippen LogP contribution in [-0.2, 0) is 0 Å². The predicted molar refractivity (Wildman–Crippen MR) is 81.1 cm³/mol. The maximum atomic E-state index is 3.38. The summed E-state index contributed by atoms with van der Waals surface area (Å²) in [5, 5.41) is 3.38. The van der Waals surface area contributed by atoms with Crippen LogP contribution in [-0.4, -0.2) is 38.1 Å². The van der Waals surface area contributed by atoms with Gasteiger partial charge >= 0.3 is 0 Å². The van der Waals surface area contributed by atoms with E-state index in [-0.39, 0.29) is 0 Å². The second kappa shape index (κ2) is 8.92. The number of unbranched alkanes of at least 4 members (excludes halogenated alkanes) is 5. The van der Waals surface area contributed by atoms with Crippen LogP contribution in [0.1, 0.15) is 65.2 Å². The van der Waals surface area contributed by atoms with Gasteiger partial charge in [-0.05, 0) is 26.4 Å². The summed E-state index contributed by atoms with van der Waals surface area (Å²) >= 11 is 0. The van der Waals surface area contributed by atoms with Gasteiger partial charge in [0, 0.05) is 25.0 Å². The molecular weight excluding hydrogens is 220 g/mol. The van der Waals surface area contributed by atoms with E-state index in [2.05, 4.69) is 31.1 Å². The summed E-state index contributed by atoms with van der Waals surface area (Å²) in [6, 6.07) is 0. The number of nitrogens with one attached hydrogen (secondary N) is 1. The molecule has 1 aliphatic rings. The summed E-state index contributed by atoms with van der Waals surface area (Å²) in [4.78, 5) is 2.66. The lowest BCUT2D eigenvalue weighted by atomic mass is 9.76. The molecule has 1 aliphatic heterocycles. The lowest BCUT2D eigenvalue weighted by Crippen LogP contribution is -2.60. The molecule has 0 radical (unpaired) electrons. The molecule has 0 aromatic heterocycles. The van der Waals surface area contributed by atoms with E-state index in [0.717, 1.165) is 0 Å². The first-order chi connectivity index (χ1) is 8.76. The summed E-state index contributed by atoms with van der Waals surface area (Å²) in [7, 11) is 2.09. The Hall–Kier alpha value is -0.0800. The Morgan fingerprint density at radius 1 is 0.944 bits per heavy atom. The second-order valence-electron chi connectivity index (χ2n) is 6.26. The minimum absolute atomic E-state index is 0.603. The Bertz CT molecular complexity index is 189. The standard InChI is InChI=1S/C16H34N2/c1-4-6-7-8-9-10-12-18-14-16(15-18,11-5-2)13-17-3/h17H,4-15H2,1-3H3. The number of nitrogens with zero attached hydrogens (tertiary/aromatic N) is 1. The van der Waals surface area contributed by atoms with Gasteiger partial charge in [0.15, 0.2) is 0 Å². The zero-order chi connectivity index (χ0) is 13.3. The van der Waals surface area contributed by atoms with E-state index in [1.807, 2.05) is 0 Å².